The van der Waals surface area contributed by atoms with Gasteiger partial charge in [0.1, 0.15) is 11.9 Å². The highest BCUT2D eigenvalue weighted by molar-refractivity contribution is 5.44. The number of hydrazine groups is 1. The van der Waals surface area contributed by atoms with Gasteiger partial charge in [-0.3, -0.25) is 0 Å². The van der Waals surface area contributed by atoms with Gasteiger partial charge in [0.05, 0.1) is 0 Å². The number of alkyl halides is 1. The summed E-state index contributed by atoms with van der Waals surface area (Å²) in [6.45, 7) is 0.768. The minimum Gasteiger partial charge on any atom is -0.508 e. The SMILES string of the molecule is Oc1ccc(NNCC2C=CC(F)CC2)cc1. The zero-order valence-electron chi connectivity index (χ0n) is 9.57. The molecule has 92 valence electrons. The Labute approximate surface area is 100 Å². The van der Waals surface area contributed by atoms with Crippen LogP contribution in [-0.4, -0.2) is 17.8 Å². The molecule has 0 heterocycles. The molecule has 2 rings (SSSR count). The van der Waals surface area contributed by atoms with Crippen LogP contribution in [0, 0.1) is 5.92 Å². The van der Waals surface area contributed by atoms with Crippen LogP contribution in [0.2, 0.25) is 0 Å². The quantitative estimate of drug-likeness (QED) is 0.428. The van der Waals surface area contributed by atoms with Crippen molar-refractivity contribution in [3.63, 3.8) is 0 Å². The second-order valence-corrected chi connectivity index (χ2v) is 4.29. The van der Waals surface area contributed by atoms with E-state index in [0.29, 0.717) is 12.3 Å². The molecular formula is C13H17FN2O. The summed E-state index contributed by atoms with van der Waals surface area (Å²) in [4.78, 5) is 0. The van der Waals surface area contributed by atoms with E-state index >= 15 is 0 Å². The molecule has 0 bridgehead atoms. The van der Waals surface area contributed by atoms with E-state index in [2.05, 4.69) is 10.9 Å². The molecule has 2 unspecified atom stereocenters. The van der Waals surface area contributed by atoms with Gasteiger partial charge in [-0.2, -0.15) is 0 Å². The van der Waals surface area contributed by atoms with Crippen LogP contribution in [0.4, 0.5) is 10.1 Å². The summed E-state index contributed by atoms with van der Waals surface area (Å²) in [5, 5.41) is 9.12. The number of halogens is 1. The fourth-order valence-corrected chi connectivity index (χ4v) is 1.84. The summed E-state index contributed by atoms with van der Waals surface area (Å²) in [6, 6.07) is 6.82. The molecule has 0 saturated heterocycles. The first kappa shape index (κ1) is 11.9. The smallest absolute Gasteiger partial charge is 0.118 e. The van der Waals surface area contributed by atoms with Crippen LogP contribution >= 0.6 is 0 Å². The maximum atomic E-state index is 12.8. The molecule has 1 aromatic rings. The molecule has 0 aliphatic heterocycles. The van der Waals surface area contributed by atoms with E-state index in [4.69, 9.17) is 5.11 Å². The van der Waals surface area contributed by atoms with Crippen LogP contribution in [0.3, 0.4) is 0 Å². The van der Waals surface area contributed by atoms with Gasteiger partial charge in [-0.05, 0) is 43.0 Å². The summed E-state index contributed by atoms with van der Waals surface area (Å²) in [5.41, 5.74) is 7.04. The number of aromatic hydroxyl groups is 1. The Bertz CT molecular complexity index is 378. The van der Waals surface area contributed by atoms with Crippen LogP contribution in [0.15, 0.2) is 36.4 Å². The largest absolute Gasteiger partial charge is 0.508 e. The molecule has 1 aromatic carbocycles. The van der Waals surface area contributed by atoms with E-state index in [-0.39, 0.29) is 5.75 Å². The van der Waals surface area contributed by atoms with Gasteiger partial charge in [-0.1, -0.05) is 12.2 Å². The van der Waals surface area contributed by atoms with Crippen LogP contribution in [-0.2, 0) is 0 Å². The van der Waals surface area contributed by atoms with Crippen molar-refractivity contribution < 1.29 is 9.50 Å². The first-order valence-electron chi connectivity index (χ1n) is 5.84. The zero-order chi connectivity index (χ0) is 12.1. The Hall–Kier alpha value is -1.55. The van der Waals surface area contributed by atoms with Crippen molar-refractivity contribution in [1.29, 1.82) is 0 Å². The lowest BCUT2D eigenvalue weighted by atomic mass is 9.95. The number of benzene rings is 1. The maximum Gasteiger partial charge on any atom is 0.118 e. The van der Waals surface area contributed by atoms with Gasteiger partial charge in [-0.25, -0.2) is 9.82 Å². The number of rotatable bonds is 4. The van der Waals surface area contributed by atoms with Gasteiger partial charge < -0.3 is 10.5 Å². The lowest BCUT2D eigenvalue weighted by Crippen LogP contribution is -2.28. The molecule has 1 aliphatic carbocycles. The van der Waals surface area contributed by atoms with E-state index in [1.807, 2.05) is 6.08 Å². The predicted molar refractivity (Wildman–Crippen MR) is 66.5 cm³/mol. The number of nitrogens with one attached hydrogen (secondary N) is 2. The lowest BCUT2D eigenvalue weighted by molar-refractivity contribution is 0.333. The minimum atomic E-state index is -0.767. The average Bonchev–Trinajstić information content (AvgIpc) is 2.34. The highest BCUT2D eigenvalue weighted by atomic mass is 19.1. The Kier molecular flexibility index (Phi) is 3.98. The van der Waals surface area contributed by atoms with Crippen molar-refractivity contribution >= 4 is 5.69 Å². The highest BCUT2D eigenvalue weighted by Crippen LogP contribution is 2.19. The second-order valence-electron chi connectivity index (χ2n) is 4.29. The Morgan fingerprint density at radius 1 is 1.18 bits per heavy atom. The number of phenolic OH excluding ortho intramolecular Hbond substituents is 1. The number of phenols is 1. The molecule has 1 aliphatic rings. The number of anilines is 1. The molecule has 3 nitrogen and oxygen atoms in total. The van der Waals surface area contributed by atoms with Crippen LogP contribution in [0.25, 0.3) is 0 Å². The molecule has 0 saturated carbocycles. The summed E-state index contributed by atoms with van der Waals surface area (Å²) in [6.07, 6.45) is 4.29. The minimum absolute atomic E-state index is 0.250. The van der Waals surface area contributed by atoms with E-state index < -0.39 is 6.17 Å². The van der Waals surface area contributed by atoms with Crippen molar-refractivity contribution in [3.05, 3.63) is 36.4 Å². The molecule has 0 fully saturated rings. The third kappa shape index (κ3) is 3.75. The van der Waals surface area contributed by atoms with E-state index in [9.17, 15) is 4.39 Å². The molecule has 0 spiro atoms. The predicted octanol–water partition coefficient (Wildman–Crippen LogP) is 2.61. The van der Waals surface area contributed by atoms with Crippen molar-refractivity contribution in [1.82, 2.24) is 5.43 Å². The third-order valence-corrected chi connectivity index (χ3v) is 2.87. The third-order valence-electron chi connectivity index (χ3n) is 2.87. The molecule has 0 amide bonds. The molecule has 0 radical (unpaired) electrons. The molecule has 17 heavy (non-hydrogen) atoms. The van der Waals surface area contributed by atoms with Gasteiger partial charge >= 0.3 is 0 Å². The fraction of sp³-hybridized carbons (Fsp3) is 0.385. The van der Waals surface area contributed by atoms with E-state index in [0.717, 1.165) is 18.7 Å². The first-order valence-corrected chi connectivity index (χ1v) is 5.84. The average molecular weight is 236 g/mol. The zero-order valence-corrected chi connectivity index (χ0v) is 9.57. The number of allylic oxidation sites excluding steroid dienone is 1. The standard InChI is InChI=1S/C13H17FN2O/c14-11-3-1-10(2-4-11)9-15-16-12-5-7-13(17)8-6-12/h1,3,5-8,10-11,15-17H,2,4,9H2. The van der Waals surface area contributed by atoms with Gasteiger partial charge in [-0.15, -0.1) is 0 Å². The molecule has 2 atom stereocenters. The summed E-state index contributed by atoms with van der Waals surface area (Å²) in [7, 11) is 0. The van der Waals surface area contributed by atoms with Crippen LogP contribution < -0.4 is 10.9 Å². The monoisotopic (exact) mass is 236 g/mol. The first-order chi connectivity index (χ1) is 8.24. The second kappa shape index (κ2) is 5.68. The normalized spacial score (nSPS) is 23.6. The molecular weight excluding hydrogens is 219 g/mol. The van der Waals surface area contributed by atoms with Crippen LogP contribution in [0.5, 0.6) is 5.75 Å². The Balaban J connectivity index is 1.73. The summed E-state index contributed by atoms with van der Waals surface area (Å²) >= 11 is 0. The topological polar surface area (TPSA) is 44.3 Å². The molecule has 4 heteroatoms. The van der Waals surface area contributed by atoms with Crippen molar-refractivity contribution in [2.75, 3.05) is 12.0 Å². The summed E-state index contributed by atoms with van der Waals surface area (Å²) in [5.74, 6) is 0.631. The van der Waals surface area contributed by atoms with Crippen molar-refractivity contribution in [2.24, 2.45) is 5.92 Å². The van der Waals surface area contributed by atoms with Gasteiger partial charge in [0.2, 0.25) is 0 Å². The Morgan fingerprint density at radius 2 is 1.94 bits per heavy atom. The van der Waals surface area contributed by atoms with E-state index in [1.54, 1.807) is 30.3 Å². The molecule has 3 N–H and O–H groups in total. The summed E-state index contributed by atoms with van der Waals surface area (Å²) < 4.78 is 12.8. The van der Waals surface area contributed by atoms with Gasteiger partial charge in [0.25, 0.3) is 0 Å². The fourth-order valence-electron chi connectivity index (χ4n) is 1.84. The number of hydrogen-bond acceptors (Lipinski definition) is 3. The lowest BCUT2D eigenvalue weighted by Gasteiger charge is -2.19. The highest BCUT2D eigenvalue weighted by Gasteiger charge is 2.14. The van der Waals surface area contributed by atoms with Crippen molar-refractivity contribution in [3.8, 4) is 5.75 Å². The van der Waals surface area contributed by atoms with Crippen LogP contribution in [0.1, 0.15) is 12.8 Å². The number of hydrogen-bond donors (Lipinski definition) is 3. The van der Waals surface area contributed by atoms with Crippen molar-refractivity contribution in [2.45, 2.75) is 19.0 Å². The maximum absolute atomic E-state index is 12.8. The van der Waals surface area contributed by atoms with Gasteiger partial charge in [0.15, 0.2) is 0 Å². The Morgan fingerprint density at radius 3 is 2.59 bits per heavy atom. The van der Waals surface area contributed by atoms with Gasteiger partial charge in [0, 0.05) is 12.2 Å². The molecule has 0 aromatic heterocycles. The van der Waals surface area contributed by atoms with E-state index in [1.165, 1.54) is 0 Å².